The number of nitrogens with one attached hydrogen (secondary N) is 1. The first-order valence-corrected chi connectivity index (χ1v) is 7.17. The fourth-order valence-electron chi connectivity index (χ4n) is 1.64. The van der Waals surface area contributed by atoms with Crippen molar-refractivity contribution >= 4 is 44.8 Å². The molecular weight excluding hydrogens is 349 g/mol. The second kappa shape index (κ2) is 6.51. The Kier molecular flexibility index (Phi) is 4.97. The summed E-state index contributed by atoms with van der Waals surface area (Å²) in [5.41, 5.74) is 1.89. The van der Waals surface area contributed by atoms with Crippen molar-refractivity contribution in [2.75, 3.05) is 12.4 Å². The van der Waals surface area contributed by atoms with Crippen LogP contribution in [0.25, 0.3) is 0 Å². The molecule has 2 nitrogen and oxygen atoms in total. The molecule has 0 heterocycles. The van der Waals surface area contributed by atoms with Gasteiger partial charge in [-0.2, -0.15) is 0 Å². The Balaban J connectivity index is 2.16. The lowest BCUT2D eigenvalue weighted by Crippen LogP contribution is -2.01. The van der Waals surface area contributed by atoms with Crippen LogP contribution in [-0.2, 0) is 6.54 Å². The number of rotatable bonds is 4. The number of methoxy groups -OCH3 is 1. The SMILES string of the molecule is COc1ccc(Br)c(CNc2cccc(Cl)c2Cl)c1. The molecule has 0 atom stereocenters. The quantitative estimate of drug-likeness (QED) is 0.790. The van der Waals surface area contributed by atoms with Crippen LogP contribution in [-0.4, -0.2) is 7.11 Å². The van der Waals surface area contributed by atoms with Gasteiger partial charge in [-0.05, 0) is 35.9 Å². The molecule has 0 radical (unpaired) electrons. The summed E-state index contributed by atoms with van der Waals surface area (Å²) < 4.78 is 6.22. The molecule has 0 unspecified atom stereocenters. The molecule has 0 bridgehead atoms. The van der Waals surface area contributed by atoms with Gasteiger partial charge in [-0.15, -0.1) is 0 Å². The van der Waals surface area contributed by atoms with E-state index in [9.17, 15) is 0 Å². The predicted molar refractivity (Wildman–Crippen MR) is 84.5 cm³/mol. The molecular formula is C14H12BrCl2NO. The van der Waals surface area contributed by atoms with Gasteiger partial charge in [0.15, 0.2) is 0 Å². The average molecular weight is 361 g/mol. The predicted octanol–water partition coefficient (Wildman–Crippen LogP) is 5.38. The summed E-state index contributed by atoms with van der Waals surface area (Å²) in [6, 6.07) is 11.3. The molecule has 2 aromatic rings. The summed E-state index contributed by atoms with van der Waals surface area (Å²) in [5.74, 6) is 0.817. The van der Waals surface area contributed by atoms with Gasteiger partial charge in [-0.1, -0.05) is 45.2 Å². The van der Waals surface area contributed by atoms with Crippen LogP contribution in [0.3, 0.4) is 0 Å². The second-order valence-corrected chi connectivity index (χ2v) is 5.55. The Bertz CT molecular complexity index is 590. The lowest BCUT2D eigenvalue weighted by Gasteiger charge is -2.11. The molecule has 2 aromatic carbocycles. The van der Waals surface area contributed by atoms with Crippen LogP contribution in [0.2, 0.25) is 10.0 Å². The van der Waals surface area contributed by atoms with Crippen molar-refractivity contribution in [1.29, 1.82) is 0 Å². The first-order chi connectivity index (χ1) is 9.11. The standard InChI is InChI=1S/C14H12BrCl2NO/c1-19-10-5-6-11(15)9(7-10)8-18-13-4-2-3-12(16)14(13)17/h2-7,18H,8H2,1H3. The van der Waals surface area contributed by atoms with Gasteiger partial charge in [0.05, 0.1) is 22.8 Å². The van der Waals surface area contributed by atoms with E-state index >= 15 is 0 Å². The summed E-state index contributed by atoms with van der Waals surface area (Å²) in [6.07, 6.45) is 0. The molecule has 0 spiro atoms. The zero-order chi connectivity index (χ0) is 13.8. The van der Waals surface area contributed by atoms with E-state index in [0.29, 0.717) is 16.6 Å². The highest BCUT2D eigenvalue weighted by atomic mass is 79.9. The summed E-state index contributed by atoms with van der Waals surface area (Å²) in [4.78, 5) is 0. The van der Waals surface area contributed by atoms with Gasteiger partial charge in [0.2, 0.25) is 0 Å². The monoisotopic (exact) mass is 359 g/mol. The first-order valence-electron chi connectivity index (χ1n) is 5.62. The van der Waals surface area contributed by atoms with E-state index in [1.807, 2.05) is 30.3 Å². The summed E-state index contributed by atoms with van der Waals surface area (Å²) in [6.45, 7) is 0.623. The summed E-state index contributed by atoms with van der Waals surface area (Å²) >= 11 is 15.6. The normalized spacial score (nSPS) is 10.3. The maximum Gasteiger partial charge on any atom is 0.119 e. The smallest absolute Gasteiger partial charge is 0.119 e. The van der Waals surface area contributed by atoms with Crippen LogP contribution in [0.4, 0.5) is 5.69 Å². The van der Waals surface area contributed by atoms with E-state index in [-0.39, 0.29) is 0 Å². The van der Waals surface area contributed by atoms with Gasteiger partial charge in [0.25, 0.3) is 0 Å². The fraction of sp³-hybridized carbons (Fsp3) is 0.143. The van der Waals surface area contributed by atoms with Crippen molar-refractivity contribution < 1.29 is 4.74 Å². The van der Waals surface area contributed by atoms with Crippen LogP contribution >= 0.6 is 39.1 Å². The summed E-state index contributed by atoms with van der Waals surface area (Å²) in [5, 5.41) is 4.33. The van der Waals surface area contributed by atoms with Gasteiger partial charge in [-0.25, -0.2) is 0 Å². The van der Waals surface area contributed by atoms with Gasteiger partial charge < -0.3 is 10.1 Å². The van der Waals surface area contributed by atoms with Crippen molar-refractivity contribution in [1.82, 2.24) is 0 Å². The van der Waals surface area contributed by atoms with E-state index in [1.165, 1.54) is 0 Å². The molecule has 1 N–H and O–H groups in total. The van der Waals surface area contributed by atoms with Crippen LogP contribution in [0.1, 0.15) is 5.56 Å². The Labute approximate surface area is 130 Å². The number of anilines is 1. The van der Waals surface area contributed by atoms with Gasteiger partial charge in [-0.3, -0.25) is 0 Å². The van der Waals surface area contributed by atoms with E-state index in [4.69, 9.17) is 27.9 Å². The Morgan fingerprint density at radius 1 is 1.21 bits per heavy atom. The zero-order valence-electron chi connectivity index (χ0n) is 10.2. The minimum absolute atomic E-state index is 0.531. The molecule has 0 aliphatic carbocycles. The Morgan fingerprint density at radius 2 is 2.00 bits per heavy atom. The molecule has 2 rings (SSSR count). The van der Waals surface area contributed by atoms with Crippen molar-refractivity contribution in [3.63, 3.8) is 0 Å². The van der Waals surface area contributed by atoms with Crippen molar-refractivity contribution in [3.8, 4) is 5.75 Å². The van der Waals surface area contributed by atoms with E-state index < -0.39 is 0 Å². The molecule has 0 saturated carbocycles. The van der Waals surface area contributed by atoms with Crippen LogP contribution in [0, 0.1) is 0 Å². The molecule has 19 heavy (non-hydrogen) atoms. The lowest BCUT2D eigenvalue weighted by atomic mass is 10.2. The summed E-state index contributed by atoms with van der Waals surface area (Å²) in [7, 11) is 1.65. The van der Waals surface area contributed by atoms with Crippen LogP contribution < -0.4 is 10.1 Å². The minimum atomic E-state index is 0.531. The number of hydrogen-bond acceptors (Lipinski definition) is 2. The van der Waals surface area contributed by atoms with Crippen molar-refractivity contribution in [3.05, 3.63) is 56.5 Å². The molecule has 0 fully saturated rings. The first kappa shape index (κ1) is 14.5. The highest BCUT2D eigenvalue weighted by Crippen LogP contribution is 2.30. The maximum absolute atomic E-state index is 6.13. The lowest BCUT2D eigenvalue weighted by molar-refractivity contribution is 0.414. The van der Waals surface area contributed by atoms with Crippen molar-refractivity contribution in [2.45, 2.75) is 6.54 Å². The Hall–Kier alpha value is -0.900. The molecule has 0 aliphatic rings. The topological polar surface area (TPSA) is 21.3 Å². The molecule has 0 aliphatic heterocycles. The highest BCUT2D eigenvalue weighted by molar-refractivity contribution is 9.10. The molecule has 100 valence electrons. The highest BCUT2D eigenvalue weighted by Gasteiger charge is 2.06. The maximum atomic E-state index is 6.13. The average Bonchev–Trinajstić information content (AvgIpc) is 2.42. The van der Waals surface area contributed by atoms with E-state index in [1.54, 1.807) is 13.2 Å². The van der Waals surface area contributed by atoms with Crippen LogP contribution in [0.5, 0.6) is 5.75 Å². The largest absolute Gasteiger partial charge is 0.497 e. The number of ether oxygens (including phenoxy) is 1. The van der Waals surface area contributed by atoms with E-state index in [2.05, 4.69) is 21.2 Å². The van der Waals surface area contributed by atoms with Gasteiger partial charge >= 0.3 is 0 Å². The number of hydrogen-bond donors (Lipinski definition) is 1. The minimum Gasteiger partial charge on any atom is -0.497 e. The van der Waals surface area contributed by atoms with Gasteiger partial charge in [0, 0.05) is 11.0 Å². The molecule has 0 saturated heterocycles. The van der Waals surface area contributed by atoms with Gasteiger partial charge in [0.1, 0.15) is 5.75 Å². The number of halogens is 3. The zero-order valence-corrected chi connectivity index (χ0v) is 13.3. The third-order valence-electron chi connectivity index (χ3n) is 2.67. The van der Waals surface area contributed by atoms with Crippen molar-refractivity contribution in [2.24, 2.45) is 0 Å². The Morgan fingerprint density at radius 3 is 2.74 bits per heavy atom. The molecule has 5 heteroatoms. The third-order valence-corrected chi connectivity index (χ3v) is 4.27. The second-order valence-electron chi connectivity index (χ2n) is 3.91. The molecule has 0 amide bonds. The number of benzene rings is 2. The third kappa shape index (κ3) is 3.56. The van der Waals surface area contributed by atoms with E-state index in [0.717, 1.165) is 21.5 Å². The fourth-order valence-corrected chi connectivity index (χ4v) is 2.40. The van der Waals surface area contributed by atoms with Crippen LogP contribution in [0.15, 0.2) is 40.9 Å². The molecule has 0 aromatic heterocycles.